The summed E-state index contributed by atoms with van der Waals surface area (Å²) in [6.07, 6.45) is 2.12. The fourth-order valence-electron chi connectivity index (χ4n) is 2.10. The first-order valence-corrected chi connectivity index (χ1v) is 7.70. The molecule has 118 valence electrons. The Labute approximate surface area is 137 Å². The first-order chi connectivity index (χ1) is 10.6. The van der Waals surface area contributed by atoms with Crippen molar-refractivity contribution in [2.24, 2.45) is 0 Å². The molecule has 1 aliphatic heterocycles. The maximum Gasteiger partial charge on any atom is 0.325 e. The van der Waals surface area contributed by atoms with Crippen LogP contribution in [0.1, 0.15) is 18.0 Å². The van der Waals surface area contributed by atoms with Crippen molar-refractivity contribution in [2.45, 2.75) is 18.5 Å². The van der Waals surface area contributed by atoms with E-state index in [1.165, 1.54) is 0 Å². The molecule has 1 amide bonds. The molecule has 0 aliphatic carbocycles. The minimum Gasteiger partial charge on any atom is -0.454 e. The zero-order valence-corrected chi connectivity index (χ0v) is 13.6. The van der Waals surface area contributed by atoms with Crippen molar-refractivity contribution in [2.75, 3.05) is 13.2 Å². The number of hydrazine groups is 1. The predicted octanol–water partition coefficient (Wildman–Crippen LogP) is 1.20. The summed E-state index contributed by atoms with van der Waals surface area (Å²) in [6, 6.07) is 7.43. The number of amides is 1. The van der Waals surface area contributed by atoms with Crippen molar-refractivity contribution < 1.29 is 14.3 Å². The molecule has 0 radical (unpaired) electrons. The maximum atomic E-state index is 11.9. The second-order valence-electron chi connectivity index (χ2n) is 4.88. The van der Waals surface area contributed by atoms with Crippen molar-refractivity contribution in [1.29, 1.82) is 0 Å². The molecule has 1 aromatic carbocycles. The lowest BCUT2D eigenvalue weighted by Gasteiger charge is -2.10. The van der Waals surface area contributed by atoms with E-state index in [1.54, 1.807) is 6.08 Å². The van der Waals surface area contributed by atoms with E-state index in [9.17, 15) is 9.59 Å². The third-order valence-corrected chi connectivity index (χ3v) is 3.78. The molecule has 1 aromatic rings. The van der Waals surface area contributed by atoms with Gasteiger partial charge in [-0.25, -0.2) is 10.9 Å². The molecule has 1 fully saturated rings. The van der Waals surface area contributed by atoms with Crippen LogP contribution in [0.4, 0.5) is 0 Å². The van der Waals surface area contributed by atoms with Crippen molar-refractivity contribution in [3.8, 4) is 0 Å². The average Bonchev–Trinajstić information content (AvgIpc) is 3.01. The molecule has 6 nitrogen and oxygen atoms in total. The van der Waals surface area contributed by atoms with Crippen LogP contribution >= 0.6 is 15.9 Å². The third-order valence-electron chi connectivity index (χ3n) is 3.25. The highest BCUT2D eigenvalue weighted by Gasteiger charge is 2.31. The Morgan fingerprint density at radius 2 is 2.09 bits per heavy atom. The molecule has 0 spiro atoms. The Balaban J connectivity index is 1.79. The normalized spacial score (nSPS) is 20.4. The van der Waals surface area contributed by atoms with E-state index in [-0.39, 0.29) is 18.6 Å². The summed E-state index contributed by atoms with van der Waals surface area (Å²) < 4.78 is 6.00. The minimum atomic E-state index is -0.471. The molecular formula is C15H18BrN3O3. The molecule has 0 bridgehead atoms. The number of hydrogen-bond donors (Lipinski definition) is 3. The number of benzene rings is 1. The molecule has 7 heteroatoms. The smallest absolute Gasteiger partial charge is 0.325 e. The first kappa shape index (κ1) is 16.7. The van der Waals surface area contributed by atoms with Gasteiger partial charge in [-0.05, 0) is 24.1 Å². The van der Waals surface area contributed by atoms with E-state index in [4.69, 9.17) is 4.74 Å². The van der Waals surface area contributed by atoms with Gasteiger partial charge in [0.05, 0.1) is 0 Å². The SMILES string of the molecule is C=CCNC(=O)COC(=O)C1CC(c2ccc(Br)cc2)NN1. The standard InChI is InChI=1S/C15H18BrN3O3/c1-2-7-17-14(20)9-22-15(21)13-8-12(18-19-13)10-3-5-11(16)6-4-10/h2-6,12-13,18-19H,1,7-9H2,(H,17,20). The Kier molecular flexibility index (Phi) is 6.11. The lowest BCUT2D eigenvalue weighted by Crippen LogP contribution is -2.39. The van der Waals surface area contributed by atoms with Crippen molar-refractivity contribution in [3.05, 3.63) is 47.0 Å². The summed E-state index contributed by atoms with van der Waals surface area (Å²) in [4.78, 5) is 23.3. The van der Waals surface area contributed by atoms with Gasteiger partial charge in [-0.2, -0.15) is 0 Å². The second kappa shape index (κ2) is 8.07. The number of nitrogens with one attached hydrogen (secondary N) is 3. The first-order valence-electron chi connectivity index (χ1n) is 6.91. The monoisotopic (exact) mass is 367 g/mol. The van der Waals surface area contributed by atoms with Crippen molar-refractivity contribution in [3.63, 3.8) is 0 Å². The molecule has 2 atom stereocenters. The summed E-state index contributed by atoms with van der Waals surface area (Å²) in [7, 11) is 0. The Bertz CT molecular complexity index is 547. The zero-order valence-electron chi connectivity index (χ0n) is 12.0. The van der Waals surface area contributed by atoms with Gasteiger partial charge in [0.25, 0.3) is 5.91 Å². The minimum absolute atomic E-state index is 0.0280. The predicted molar refractivity (Wildman–Crippen MR) is 85.7 cm³/mol. The number of carbonyl (C=O) groups excluding carboxylic acids is 2. The summed E-state index contributed by atoms with van der Waals surface area (Å²) in [5.74, 6) is -0.787. The molecule has 2 unspecified atom stereocenters. The molecule has 1 heterocycles. The Hall–Kier alpha value is -1.70. The number of hydrogen-bond acceptors (Lipinski definition) is 5. The van der Waals surface area contributed by atoms with Crippen LogP contribution in [0.15, 0.2) is 41.4 Å². The molecule has 1 aliphatic rings. The average molecular weight is 368 g/mol. The van der Waals surface area contributed by atoms with E-state index >= 15 is 0 Å². The van der Waals surface area contributed by atoms with Gasteiger partial charge in [-0.3, -0.25) is 9.59 Å². The van der Waals surface area contributed by atoms with Gasteiger partial charge >= 0.3 is 5.97 Å². The maximum absolute atomic E-state index is 11.9. The van der Waals surface area contributed by atoms with E-state index in [0.29, 0.717) is 13.0 Å². The van der Waals surface area contributed by atoms with Crippen LogP contribution in [0.3, 0.4) is 0 Å². The van der Waals surface area contributed by atoms with Crippen LogP contribution in [-0.4, -0.2) is 31.1 Å². The molecule has 0 aromatic heterocycles. The second-order valence-corrected chi connectivity index (χ2v) is 5.80. The largest absolute Gasteiger partial charge is 0.454 e. The lowest BCUT2D eigenvalue weighted by molar-refractivity contribution is -0.150. The van der Waals surface area contributed by atoms with Crippen LogP contribution in [0, 0.1) is 0 Å². The summed E-state index contributed by atoms with van der Waals surface area (Å²) >= 11 is 3.39. The summed E-state index contributed by atoms with van der Waals surface area (Å²) in [5.41, 5.74) is 7.05. The topological polar surface area (TPSA) is 79.5 Å². The van der Waals surface area contributed by atoms with E-state index in [2.05, 4.69) is 38.7 Å². The molecule has 2 rings (SSSR count). The highest BCUT2D eigenvalue weighted by Crippen LogP contribution is 2.24. The van der Waals surface area contributed by atoms with Gasteiger partial charge in [0.2, 0.25) is 0 Å². The Morgan fingerprint density at radius 1 is 1.36 bits per heavy atom. The van der Waals surface area contributed by atoms with Crippen molar-refractivity contribution >= 4 is 27.8 Å². The number of carbonyl (C=O) groups is 2. The van der Waals surface area contributed by atoms with Gasteiger partial charge < -0.3 is 10.1 Å². The van der Waals surface area contributed by atoms with Gasteiger partial charge in [-0.15, -0.1) is 6.58 Å². The fraction of sp³-hybridized carbons (Fsp3) is 0.333. The van der Waals surface area contributed by atoms with Crippen LogP contribution in [0.2, 0.25) is 0 Å². The molecule has 3 N–H and O–H groups in total. The van der Waals surface area contributed by atoms with Crippen LogP contribution < -0.4 is 16.2 Å². The number of esters is 1. The van der Waals surface area contributed by atoms with E-state index in [0.717, 1.165) is 10.0 Å². The third kappa shape index (κ3) is 4.66. The highest BCUT2D eigenvalue weighted by molar-refractivity contribution is 9.10. The van der Waals surface area contributed by atoms with Crippen molar-refractivity contribution in [1.82, 2.24) is 16.2 Å². The number of halogens is 1. The summed E-state index contributed by atoms with van der Waals surface area (Å²) in [5, 5.41) is 2.54. The quantitative estimate of drug-likeness (QED) is 0.520. The number of ether oxygens (including phenoxy) is 1. The van der Waals surface area contributed by atoms with Crippen LogP contribution in [-0.2, 0) is 14.3 Å². The van der Waals surface area contributed by atoms with Gasteiger partial charge in [0, 0.05) is 17.1 Å². The van der Waals surface area contributed by atoms with E-state index < -0.39 is 12.0 Å². The molecule has 22 heavy (non-hydrogen) atoms. The fourth-order valence-corrected chi connectivity index (χ4v) is 2.36. The highest BCUT2D eigenvalue weighted by atomic mass is 79.9. The van der Waals surface area contributed by atoms with Crippen LogP contribution in [0.5, 0.6) is 0 Å². The number of rotatable bonds is 6. The van der Waals surface area contributed by atoms with Gasteiger partial charge in [0.1, 0.15) is 6.04 Å². The molecule has 1 saturated heterocycles. The van der Waals surface area contributed by atoms with E-state index in [1.807, 2.05) is 24.3 Å². The summed E-state index contributed by atoms with van der Waals surface area (Å²) in [6.45, 7) is 3.56. The van der Waals surface area contributed by atoms with Gasteiger partial charge in [-0.1, -0.05) is 34.1 Å². The van der Waals surface area contributed by atoms with Crippen LogP contribution in [0.25, 0.3) is 0 Å². The molecular weight excluding hydrogens is 350 g/mol. The molecule has 0 saturated carbocycles. The Morgan fingerprint density at radius 3 is 2.77 bits per heavy atom. The zero-order chi connectivity index (χ0) is 15.9. The lowest BCUT2D eigenvalue weighted by atomic mass is 10.0. The van der Waals surface area contributed by atoms with Gasteiger partial charge in [0.15, 0.2) is 6.61 Å².